The van der Waals surface area contributed by atoms with Crippen LogP contribution >= 0.6 is 0 Å². The van der Waals surface area contributed by atoms with Crippen molar-refractivity contribution >= 4 is 0 Å². The third kappa shape index (κ3) is 4.01. The second-order valence-electron chi connectivity index (χ2n) is 5.63. The Hall–Kier alpha value is -1.04. The van der Waals surface area contributed by atoms with Crippen LogP contribution in [-0.2, 0) is 4.84 Å². The first kappa shape index (κ1) is 15.0. The van der Waals surface area contributed by atoms with Crippen LogP contribution in [0.2, 0.25) is 0 Å². The van der Waals surface area contributed by atoms with E-state index in [4.69, 9.17) is 4.84 Å². The number of hydrogen-bond donors (Lipinski definition) is 0. The molecule has 1 aliphatic rings. The van der Waals surface area contributed by atoms with E-state index in [2.05, 4.69) is 17.1 Å². The topological polar surface area (TPSA) is 54.1 Å². The first-order chi connectivity index (χ1) is 8.38. The summed E-state index contributed by atoms with van der Waals surface area (Å²) in [6.07, 6.45) is 0.979. The van der Waals surface area contributed by atoms with Crippen molar-refractivity contribution in [3.8, 4) is 0 Å². The molecule has 0 N–H and O–H groups in total. The van der Waals surface area contributed by atoms with Gasteiger partial charge in [-0.15, -0.1) is 5.01 Å². The third-order valence-electron chi connectivity index (χ3n) is 3.22. The molecule has 1 aliphatic heterocycles. The minimum Gasteiger partial charge on any atom is -0.569 e. The quantitative estimate of drug-likeness (QED) is 0.430. The predicted octanol–water partition coefficient (Wildman–Crippen LogP) is 2.01. The predicted molar refractivity (Wildman–Crippen MR) is 69.8 cm³/mol. The van der Waals surface area contributed by atoms with Crippen molar-refractivity contribution in [3.05, 3.63) is 5.21 Å². The molecule has 1 fully saturated rings. The van der Waals surface area contributed by atoms with Crippen molar-refractivity contribution in [2.45, 2.75) is 52.7 Å². The van der Waals surface area contributed by atoms with Gasteiger partial charge < -0.3 is 10.0 Å². The van der Waals surface area contributed by atoms with E-state index >= 15 is 0 Å². The van der Waals surface area contributed by atoms with Crippen LogP contribution in [0.1, 0.15) is 41.0 Å². The second-order valence-corrected chi connectivity index (χ2v) is 5.63. The fourth-order valence-electron chi connectivity index (χ4n) is 2.17. The van der Waals surface area contributed by atoms with Crippen molar-refractivity contribution in [1.29, 1.82) is 0 Å². The molecule has 1 saturated heterocycles. The Labute approximate surface area is 110 Å². The van der Waals surface area contributed by atoms with Crippen LogP contribution in [0.15, 0.2) is 5.28 Å². The van der Waals surface area contributed by atoms with E-state index in [-0.39, 0.29) is 11.6 Å². The lowest BCUT2D eigenvalue weighted by atomic mass is 10.1. The van der Waals surface area contributed by atoms with E-state index in [0.717, 1.165) is 26.1 Å². The van der Waals surface area contributed by atoms with Gasteiger partial charge in [-0.1, -0.05) is 6.92 Å². The van der Waals surface area contributed by atoms with E-state index in [9.17, 15) is 5.21 Å². The van der Waals surface area contributed by atoms with Crippen molar-refractivity contribution in [1.82, 2.24) is 9.91 Å². The number of nitrogens with zero attached hydrogens (tertiary/aromatic N) is 4. The summed E-state index contributed by atoms with van der Waals surface area (Å²) in [5.41, 5.74) is -0.255. The average Bonchev–Trinajstić information content (AvgIpc) is 2.73. The zero-order valence-electron chi connectivity index (χ0n) is 12.2. The molecule has 0 radical (unpaired) electrons. The van der Waals surface area contributed by atoms with Gasteiger partial charge in [0, 0.05) is 19.5 Å². The van der Waals surface area contributed by atoms with Crippen LogP contribution in [-0.4, -0.2) is 52.7 Å². The summed E-state index contributed by atoms with van der Waals surface area (Å²) in [6.45, 7) is 13.5. The molecule has 0 aromatic rings. The van der Waals surface area contributed by atoms with E-state index in [1.165, 1.54) is 0 Å². The van der Waals surface area contributed by atoms with Gasteiger partial charge in [-0.3, -0.25) is 4.90 Å². The van der Waals surface area contributed by atoms with Gasteiger partial charge in [-0.05, 0) is 34.2 Å². The summed E-state index contributed by atoms with van der Waals surface area (Å²) in [5.74, 6) is 0. The number of rotatable bonds is 5. The van der Waals surface area contributed by atoms with Crippen LogP contribution < -0.4 is 0 Å². The summed E-state index contributed by atoms with van der Waals surface area (Å²) in [6, 6.07) is 0. The maximum Gasteiger partial charge on any atom is 0.233 e. The van der Waals surface area contributed by atoms with Crippen molar-refractivity contribution in [3.63, 3.8) is 0 Å². The van der Waals surface area contributed by atoms with Crippen LogP contribution in [0, 0.1) is 5.21 Å². The average molecular weight is 258 g/mol. The molecule has 1 rings (SSSR count). The first-order valence-corrected chi connectivity index (χ1v) is 6.72. The minimum atomic E-state index is -0.255. The number of hydrazine groups is 1. The molecular weight excluding hydrogens is 232 g/mol. The molecule has 0 unspecified atom stereocenters. The van der Waals surface area contributed by atoms with E-state index in [1.54, 1.807) is 5.01 Å². The molecule has 0 aliphatic carbocycles. The molecule has 1 atom stereocenters. The van der Waals surface area contributed by atoms with Crippen LogP contribution in [0.25, 0.3) is 0 Å². The molecule has 6 nitrogen and oxygen atoms in total. The van der Waals surface area contributed by atoms with E-state index < -0.39 is 0 Å². The van der Waals surface area contributed by atoms with Crippen molar-refractivity contribution < 1.29 is 9.81 Å². The number of likely N-dealkylation sites (tertiary alicyclic amines) is 1. The largest absolute Gasteiger partial charge is 0.569 e. The SMILES string of the molecule is CCN1CC[C@@H](O/N=[N+](\[O-])N(CC)C(C)(C)C)C1. The maximum atomic E-state index is 11.9. The van der Waals surface area contributed by atoms with Crippen LogP contribution in [0.4, 0.5) is 0 Å². The van der Waals surface area contributed by atoms with Crippen LogP contribution in [0.3, 0.4) is 0 Å². The normalized spacial score (nSPS) is 22.3. The molecule has 0 aromatic carbocycles. The Morgan fingerprint density at radius 3 is 2.56 bits per heavy atom. The van der Waals surface area contributed by atoms with Gasteiger partial charge in [0.2, 0.25) is 5.28 Å². The zero-order valence-corrected chi connectivity index (χ0v) is 12.2. The van der Waals surface area contributed by atoms with Gasteiger partial charge >= 0.3 is 0 Å². The summed E-state index contributed by atoms with van der Waals surface area (Å²) >= 11 is 0. The highest BCUT2D eigenvalue weighted by Crippen LogP contribution is 2.15. The van der Waals surface area contributed by atoms with E-state index in [0.29, 0.717) is 11.5 Å². The lowest BCUT2D eigenvalue weighted by molar-refractivity contribution is -0.725. The van der Waals surface area contributed by atoms with Crippen molar-refractivity contribution in [2.75, 3.05) is 26.2 Å². The Bertz CT molecular complexity index is 288. The fraction of sp³-hybridized carbons (Fsp3) is 1.00. The first-order valence-electron chi connectivity index (χ1n) is 6.72. The van der Waals surface area contributed by atoms with Crippen LogP contribution in [0.5, 0.6) is 0 Å². The number of likely N-dealkylation sites (N-methyl/N-ethyl adjacent to an activating group) is 1. The molecule has 18 heavy (non-hydrogen) atoms. The Morgan fingerprint density at radius 1 is 1.44 bits per heavy atom. The molecule has 0 aromatic heterocycles. The minimum absolute atomic E-state index is 0.0417. The van der Waals surface area contributed by atoms with E-state index in [1.807, 2.05) is 27.7 Å². The summed E-state index contributed by atoms with van der Waals surface area (Å²) in [5, 5.41) is 17.2. The second kappa shape index (κ2) is 6.22. The molecule has 6 heteroatoms. The lowest BCUT2D eigenvalue weighted by Gasteiger charge is -2.29. The molecule has 1 heterocycles. The highest BCUT2D eigenvalue weighted by molar-refractivity contribution is 4.74. The molecule has 0 spiro atoms. The monoisotopic (exact) mass is 258 g/mol. The molecule has 106 valence electrons. The van der Waals surface area contributed by atoms with Gasteiger partial charge in [-0.2, -0.15) is 0 Å². The standard InChI is InChI=1S/C12H26N4O2/c1-6-14-9-8-11(10-14)18-13-16(17)15(7-2)12(3,4)5/h11H,6-10H2,1-5H3/b16-13-/t11-/m1/s1. The maximum absolute atomic E-state index is 11.9. The third-order valence-corrected chi connectivity index (χ3v) is 3.22. The Balaban J connectivity index is 2.51. The Morgan fingerprint density at radius 2 is 2.11 bits per heavy atom. The highest BCUT2D eigenvalue weighted by Gasteiger charge is 2.28. The van der Waals surface area contributed by atoms with Gasteiger partial charge in [0.25, 0.3) is 0 Å². The molecule has 0 bridgehead atoms. The summed E-state index contributed by atoms with van der Waals surface area (Å²) in [4.78, 5) is 8.20. The van der Waals surface area contributed by atoms with Gasteiger partial charge in [0.15, 0.2) is 0 Å². The zero-order chi connectivity index (χ0) is 13.8. The highest BCUT2D eigenvalue weighted by atomic mass is 16.7. The Kier molecular flexibility index (Phi) is 5.19. The summed E-state index contributed by atoms with van der Waals surface area (Å²) < 4.78 is 0. The number of hydrogen-bond acceptors (Lipinski definition) is 4. The van der Waals surface area contributed by atoms with Gasteiger partial charge in [-0.25, -0.2) is 0 Å². The van der Waals surface area contributed by atoms with Gasteiger partial charge in [0.05, 0.1) is 17.1 Å². The molecule has 0 saturated carbocycles. The molecule has 0 amide bonds. The molecular formula is C12H26N4O2. The summed E-state index contributed by atoms with van der Waals surface area (Å²) in [7, 11) is 0. The lowest BCUT2D eigenvalue weighted by Crippen LogP contribution is -2.45. The smallest absolute Gasteiger partial charge is 0.233 e. The fourth-order valence-corrected chi connectivity index (χ4v) is 2.17. The van der Waals surface area contributed by atoms with Gasteiger partial charge in [0.1, 0.15) is 6.10 Å². The van der Waals surface area contributed by atoms with Crippen molar-refractivity contribution in [2.24, 2.45) is 5.28 Å².